The van der Waals surface area contributed by atoms with Gasteiger partial charge in [-0.15, -0.1) is 11.3 Å². The van der Waals surface area contributed by atoms with Crippen LogP contribution in [0.1, 0.15) is 34.9 Å². The highest BCUT2D eigenvalue weighted by molar-refractivity contribution is 7.19. The van der Waals surface area contributed by atoms with E-state index >= 15 is 0 Å². The number of thiophene rings is 1. The fourth-order valence-electron chi connectivity index (χ4n) is 5.53. The number of nitrogens with one attached hydrogen (secondary N) is 1. The summed E-state index contributed by atoms with van der Waals surface area (Å²) in [7, 11) is 4.08. The molecule has 4 heterocycles. The van der Waals surface area contributed by atoms with Crippen molar-refractivity contribution in [3.63, 3.8) is 0 Å². The van der Waals surface area contributed by atoms with Gasteiger partial charge in [0.2, 0.25) is 5.91 Å². The van der Waals surface area contributed by atoms with Crippen LogP contribution in [0.15, 0.2) is 23.5 Å². The molecule has 6 rings (SSSR count). The Balaban J connectivity index is 1.28. The van der Waals surface area contributed by atoms with Crippen LogP contribution in [-0.2, 0) is 28.9 Å². The summed E-state index contributed by atoms with van der Waals surface area (Å²) >= 11 is 1.69. The number of ether oxygens (including phenoxy) is 2. The molecule has 0 unspecified atom stereocenters. The third kappa shape index (κ3) is 4.88. The van der Waals surface area contributed by atoms with Crippen LogP contribution in [0.5, 0.6) is 5.75 Å². The van der Waals surface area contributed by atoms with Crippen LogP contribution in [0, 0.1) is 5.92 Å². The van der Waals surface area contributed by atoms with Crippen molar-refractivity contribution in [2.45, 2.75) is 38.8 Å². The van der Waals surface area contributed by atoms with Crippen molar-refractivity contribution in [2.75, 3.05) is 52.3 Å². The van der Waals surface area contributed by atoms with Crippen molar-refractivity contribution in [3.8, 4) is 5.75 Å². The predicted octanol–water partition coefficient (Wildman–Crippen LogP) is 3.66. The van der Waals surface area contributed by atoms with Gasteiger partial charge < -0.3 is 24.6 Å². The lowest BCUT2D eigenvalue weighted by Crippen LogP contribution is -2.50. The Hall–Kier alpha value is -3.08. The molecule has 1 aliphatic carbocycles. The lowest BCUT2D eigenvalue weighted by molar-refractivity contribution is -0.143. The standard InChI is InChI=1S/C28H34N6O3S/c1-17-15-36-8-7-34(17)28(35)18-4-5-21-24(12-18)38-27-25(21)26(30-16-31-27)32-22-10-19-13-29-14-20(19)11-23(22)37-9-6-33(2)3/h10-11,13,16-18H,4-9,12,14-15H2,1-3H3,(H,30,31,32)/t17-,18+/m1/s1. The molecule has 3 aromatic rings. The van der Waals surface area contributed by atoms with E-state index in [0.29, 0.717) is 32.9 Å². The second-order valence-electron chi connectivity index (χ2n) is 10.6. The van der Waals surface area contributed by atoms with Crippen molar-refractivity contribution in [1.29, 1.82) is 0 Å². The van der Waals surface area contributed by atoms with Crippen LogP contribution in [0.2, 0.25) is 0 Å². The number of anilines is 2. The number of likely N-dealkylation sites (N-methyl/N-ethyl adjacent to an activating group) is 1. The van der Waals surface area contributed by atoms with Gasteiger partial charge in [0.1, 0.15) is 29.3 Å². The van der Waals surface area contributed by atoms with Crippen molar-refractivity contribution < 1.29 is 14.3 Å². The summed E-state index contributed by atoms with van der Waals surface area (Å²) in [5.41, 5.74) is 4.41. The predicted molar refractivity (Wildman–Crippen MR) is 150 cm³/mol. The number of hydrogen-bond acceptors (Lipinski definition) is 9. The molecule has 1 fully saturated rings. The maximum atomic E-state index is 13.4. The maximum absolute atomic E-state index is 13.4. The first-order chi connectivity index (χ1) is 18.5. The molecule has 0 saturated carbocycles. The Morgan fingerprint density at radius 2 is 2.21 bits per heavy atom. The maximum Gasteiger partial charge on any atom is 0.226 e. The largest absolute Gasteiger partial charge is 0.490 e. The van der Waals surface area contributed by atoms with Gasteiger partial charge in [0.15, 0.2) is 0 Å². The number of carbonyl (C=O) groups excluding carboxylic acids is 1. The minimum Gasteiger partial charge on any atom is -0.490 e. The van der Waals surface area contributed by atoms with Crippen molar-refractivity contribution in [3.05, 3.63) is 40.0 Å². The van der Waals surface area contributed by atoms with E-state index in [-0.39, 0.29) is 17.9 Å². The highest BCUT2D eigenvalue weighted by Crippen LogP contribution is 2.42. The Morgan fingerprint density at radius 1 is 1.32 bits per heavy atom. The molecule has 9 nitrogen and oxygen atoms in total. The number of aliphatic imine (C=N–C) groups is 1. The fraction of sp³-hybridized carbons (Fsp3) is 0.500. The van der Waals surface area contributed by atoms with Gasteiger partial charge in [-0.25, -0.2) is 9.97 Å². The number of carbonyl (C=O) groups is 1. The van der Waals surface area contributed by atoms with E-state index in [1.54, 1.807) is 17.7 Å². The Bertz CT molecular complexity index is 1390. The van der Waals surface area contributed by atoms with E-state index < -0.39 is 0 Å². The Morgan fingerprint density at radius 3 is 3.05 bits per heavy atom. The molecule has 0 bridgehead atoms. The van der Waals surface area contributed by atoms with E-state index in [4.69, 9.17) is 9.47 Å². The summed E-state index contributed by atoms with van der Waals surface area (Å²) in [5, 5.41) is 4.64. The SMILES string of the molecule is C[C@@H]1COCCN1C(=O)[C@H]1CCc2c(sc3ncnc(Nc4cc5c(cc4OCCN(C)C)CN=C5)c23)C1. The summed E-state index contributed by atoms with van der Waals surface area (Å²) < 4.78 is 11.7. The molecule has 200 valence electrons. The van der Waals surface area contributed by atoms with Crippen LogP contribution in [0.4, 0.5) is 11.5 Å². The number of aryl methyl sites for hydroxylation is 1. The molecular formula is C28H34N6O3S. The van der Waals surface area contributed by atoms with E-state index in [0.717, 1.165) is 58.8 Å². The Labute approximate surface area is 226 Å². The van der Waals surface area contributed by atoms with Crippen LogP contribution in [0.3, 0.4) is 0 Å². The summed E-state index contributed by atoms with van der Waals surface area (Å²) in [6.45, 7) is 6.08. The van der Waals surface area contributed by atoms with E-state index in [9.17, 15) is 4.79 Å². The molecule has 0 radical (unpaired) electrons. The molecule has 38 heavy (non-hydrogen) atoms. The fourth-order valence-corrected chi connectivity index (χ4v) is 6.79. The molecule has 2 atom stereocenters. The molecule has 10 heteroatoms. The molecular weight excluding hydrogens is 500 g/mol. The zero-order valence-corrected chi connectivity index (χ0v) is 23.0. The molecule has 3 aliphatic rings. The van der Waals surface area contributed by atoms with Gasteiger partial charge in [0.05, 0.1) is 36.9 Å². The van der Waals surface area contributed by atoms with Crippen molar-refractivity contribution in [1.82, 2.24) is 19.8 Å². The number of aromatic nitrogens is 2. The molecule has 2 aliphatic heterocycles. The minimum absolute atomic E-state index is 0.00757. The van der Waals surface area contributed by atoms with Gasteiger partial charge in [0, 0.05) is 30.1 Å². The first kappa shape index (κ1) is 25.2. The zero-order valence-electron chi connectivity index (χ0n) is 22.2. The van der Waals surface area contributed by atoms with Crippen LogP contribution in [-0.4, -0.2) is 84.9 Å². The number of nitrogens with zero attached hydrogens (tertiary/aromatic N) is 5. The topological polar surface area (TPSA) is 92.2 Å². The molecule has 0 spiro atoms. The summed E-state index contributed by atoms with van der Waals surface area (Å²) in [5.74, 6) is 1.85. The molecule has 1 aromatic carbocycles. The van der Waals surface area contributed by atoms with Crippen LogP contribution >= 0.6 is 11.3 Å². The third-order valence-corrected chi connectivity index (χ3v) is 8.79. The molecule has 1 saturated heterocycles. The number of fused-ring (bicyclic) bond motifs is 4. The number of morpholine rings is 1. The highest BCUT2D eigenvalue weighted by Gasteiger charge is 2.34. The number of amides is 1. The van der Waals surface area contributed by atoms with Gasteiger partial charge in [-0.1, -0.05) is 0 Å². The van der Waals surface area contributed by atoms with E-state index in [1.165, 1.54) is 16.0 Å². The second-order valence-corrected chi connectivity index (χ2v) is 11.7. The minimum atomic E-state index is 0.00757. The number of benzene rings is 1. The molecule has 1 amide bonds. The lowest BCUT2D eigenvalue weighted by atomic mass is 9.86. The van der Waals surface area contributed by atoms with Crippen molar-refractivity contribution >= 4 is 45.2 Å². The first-order valence-corrected chi connectivity index (χ1v) is 14.1. The van der Waals surface area contributed by atoms with Crippen molar-refractivity contribution in [2.24, 2.45) is 10.9 Å². The normalized spacial score (nSPS) is 20.6. The van der Waals surface area contributed by atoms with E-state index in [2.05, 4.69) is 44.2 Å². The highest BCUT2D eigenvalue weighted by atomic mass is 32.1. The molecule has 2 aromatic heterocycles. The summed E-state index contributed by atoms with van der Waals surface area (Å²) in [4.78, 5) is 33.4. The van der Waals surface area contributed by atoms with Gasteiger partial charge in [0.25, 0.3) is 0 Å². The zero-order chi connectivity index (χ0) is 26.2. The number of rotatable bonds is 7. The second kappa shape index (κ2) is 10.6. The quantitative estimate of drug-likeness (QED) is 0.495. The average Bonchev–Trinajstić information content (AvgIpc) is 3.52. The van der Waals surface area contributed by atoms with Crippen LogP contribution < -0.4 is 10.1 Å². The summed E-state index contributed by atoms with van der Waals surface area (Å²) in [6, 6.07) is 4.32. The average molecular weight is 535 g/mol. The van der Waals surface area contributed by atoms with Gasteiger partial charge >= 0.3 is 0 Å². The third-order valence-electron chi connectivity index (χ3n) is 7.63. The first-order valence-electron chi connectivity index (χ1n) is 13.3. The van der Waals surface area contributed by atoms with Gasteiger partial charge in [-0.2, -0.15) is 0 Å². The van der Waals surface area contributed by atoms with E-state index in [1.807, 2.05) is 25.2 Å². The number of hydrogen-bond donors (Lipinski definition) is 1. The van der Waals surface area contributed by atoms with Gasteiger partial charge in [-0.05, 0) is 69.1 Å². The van der Waals surface area contributed by atoms with Crippen LogP contribution in [0.25, 0.3) is 10.2 Å². The summed E-state index contributed by atoms with van der Waals surface area (Å²) in [6.07, 6.45) is 5.97. The Kier molecular flexibility index (Phi) is 7.03. The smallest absolute Gasteiger partial charge is 0.226 e. The van der Waals surface area contributed by atoms with Gasteiger partial charge in [-0.3, -0.25) is 9.79 Å². The lowest BCUT2D eigenvalue weighted by Gasteiger charge is -2.36. The monoisotopic (exact) mass is 534 g/mol. The molecule has 1 N–H and O–H groups in total.